The first-order valence-corrected chi connectivity index (χ1v) is 11.3. The molecule has 0 aliphatic heterocycles. The molecule has 0 radical (unpaired) electrons. The lowest BCUT2D eigenvalue weighted by atomic mass is 10.2. The molecule has 1 N–H and O–H groups in total. The monoisotopic (exact) mass is 455 g/mol. The zero-order chi connectivity index (χ0) is 21.6. The summed E-state index contributed by atoms with van der Waals surface area (Å²) in [5, 5.41) is 21.1. The van der Waals surface area contributed by atoms with Crippen LogP contribution in [0, 0.1) is 5.82 Å². The minimum atomic E-state index is -0.314. The third-order valence-corrected chi connectivity index (χ3v) is 6.13. The van der Waals surface area contributed by atoms with E-state index in [0.29, 0.717) is 22.4 Å². The number of aromatic nitrogens is 6. The number of carbonyl (C=O) groups is 1. The highest BCUT2D eigenvalue weighted by Crippen LogP contribution is 2.27. The molecule has 11 heteroatoms. The largest absolute Gasteiger partial charge is 0.302 e. The van der Waals surface area contributed by atoms with Gasteiger partial charge >= 0.3 is 0 Å². The van der Waals surface area contributed by atoms with Crippen molar-refractivity contribution in [2.75, 3.05) is 11.1 Å². The highest BCUT2D eigenvalue weighted by molar-refractivity contribution is 7.99. The summed E-state index contributed by atoms with van der Waals surface area (Å²) in [5.74, 6) is 0.820. The van der Waals surface area contributed by atoms with Crippen molar-refractivity contribution >= 4 is 34.1 Å². The number of hydrogen-bond donors (Lipinski definition) is 1. The smallest absolute Gasteiger partial charge is 0.227 e. The lowest BCUT2D eigenvalue weighted by Crippen LogP contribution is -2.12. The Bertz CT molecular complexity index is 1160. The second-order valence-electron chi connectivity index (χ2n) is 6.36. The summed E-state index contributed by atoms with van der Waals surface area (Å²) in [6.07, 6.45) is 3.75. The molecular weight excluding hydrogens is 437 g/mol. The summed E-state index contributed by atoms with van der Waals surface area (Å²) in [6, 6.07) is 9.77. The highest BCUT2D eigenvalue weighted by atomic mass is 32.2. The van der Waals surface area contributed by atoms with Gasteiger partial charge in [0.25, 0.3) is 0 Å². The molecule has 0 spiro atoms. The molecule has 4 rings (SSSR count). The molecule has 0 saturated heterocycles. The van der Waals surface area contributed by atoms with Crippen molar-refractivity contribution in [2.24, 2.45) is 0 Å². The number of rotatable bonds is 8. The van der Waals surface area contributed by atoms with Crippen molar-refractivity contribution in [3.05, 3.63) is 54.6 Å². The molecule has 1 aromatic carbocycles. The maximum absolute atomic E-state index is 13.1. The van der Waals surface area contributed by atoms with Crippen molar-refractivity contribution in [3.8, 4) is 22.0 Å². The van der Waals surface area contributed by atoms with Crippen molar-refractivity contribution in [1.82, 2.24) is 29.9 Å². The fourth-order valence-corrected chi connectivity index (χ4v) is 4.49. The number of benzene rings is 1. The molecule has 3 aromatic heterocycles. The van der Waals surface area contributed by atoms with E-state index in [2.05, 4.69) is 30.7 Å². The van der Waals surface area contributed by atoms with Gasteiger partial charge in [-0.1, -0.05) is 23.1 Å². The molecular formula is C20H18FN7OS2. The zero-order valence-electron chi connectivity index (χ0n) is 16.5. The molecule has 4 aromatic rings. The maximum atomic E-state index is 13.1. The second-order valence-corrected chi connectivity index (χ2v) is 8.40. The number of thioether (sulfide) groups is 1. The van der Waals surface area contributed by atoms with E-state index in [1.807, 2.05) is 23.6 Å². The summed E-state index contributed by atoms with van der Waals surface area (Å²) < 4.78 is 15.1. The molecule has 0 saturated carbocycles. The van der Waals surface area contributed by atoms with Gasteiger partial charge in [0.1, 0.15) is 10.8 Å². The van der Waals surface area contributed by atoms with Gasteiger partial charge < -0.3 is 9.88 Å². The summed E-state index contributed by atoms with van der Waals surface area (Å²) in [4.78, 5) is 16.4. The molecule has 8 nitrogen and oxygen atoms in total. The average Bonchev–Trinajstić information content (AvgIpc) is 3.42. The average molecular weight is 456 g/mol. The Morgan fingerprint density at radius 3 is 2.71 bits per heavy atom. The van der Waals surface area contributed by atoms with Gasteiger partial charge in [0.15, 0.2) is 11.0 Å². The summed E-state index contributed by atoms with van der Waals surface area (Å²) >= 11 is 2.71. The molecule has 0 aliphatic carbocycles. The Morgan fingerprint density at radius 2 is 1.97 bits per heavy atom. The minimum Gasteiger partial charge on any atom is -0.302 e. The van der Waals surface area contributed by atoms with Crippen LogP contribution in [0.5, 0.6) is 0 Å². The maximum Gasteiger partial charge on any atom is 0.227 e. The van der Waals surface area contributed by atoms with Crippen LogP contribution in [-0.4, -0.2) is 41.6 Å². The number of pyridine rings is 1. The van der Waals surface area contributed by atoms with E-state index < -0.39 is 0 Å². The van der Waals surface area contributed by atoms with Gasteiger partial charge in [-0.15, -0.1) is 20.4 Å². The van der Waals surface area contributed by atoms with Crippen LogP contribution in [0.3, 0.4) is 0 Å². The third kappa shape index (κ3) is 5.12. The van der Waals surface area contributed by atoms with E-state index >= 15 is 0 Å². The van der Waals surface area contributed by atoms with Gasteiger partial charge in [0.2, 0.25) is 11.0 Å². The van der Waals surface area contributed by atoms with Crippen LogP contribution in [0.1, 0.15) is 13.3 Å². The lowest BCUT2D eigenvalue weighted by molar-refractivity contribution is -0.115. The number of nitrogens with one attached hydrogen (secondary N) is 1. The first-order chi connectivity index (χ1) is 15.1. The summed E-state index contributed by atoms with van der Waals surface area (Å²) in [6.45, 7) is 2.73. The molecule has 0 bridgehead atoms. The fourth-order valence-electron chi connectivity index (χ4n) is 2.79. The van der Waals surface area contributed by atoms with Gasteiger partial charge in [-0.05, 0) is 43.3 Å². The summed E-state index contributed by atoms with van der Waals surface area (Å²) in [5.41, 5.74) is 1.65. The van der Waals surface area contributed by atoms with E-state index in [1.54, 1.807) is 24.5 Å². The van der Waals surface area contributed by atoms with Crippen LogP contribution in [0.4, 0.5) is 9.52 Å². The third-order valence-electron chi connectivity index (χ3n) is 4.28. The lowest BCUT2D eigenvalue weighted by Gasteiger charge is -2.07. The molecule has 31 heavy (non-hydrogen) atoms. The minimum absolute atomic E-state index is 0.163. The zero-order valence-corrected chi connectivity index (χ0v) is 18.2. The van der Waals surface area contributed by atoms with E-state index in [9.17, 15) is 9.18 Å². The number of halogens is 1. The van der Waals surface area contributed by atoms with Gasteiger partial charge in [-0.3, -0.25) is 9.78 Å². The normalized spacial score (nSPS) is 10.9. The summed E-state index contributed by atoms with van der Waals surface area (Å²) in [7, 11) is 0. The Morgan fingerprint density at radius 1 is 1.13 bits per heavy atom. The Kier molecular flexibility index (Phi) is 6.63. The van der Waals surface area contributed by atoms with E-state index in [1.165, 1.54) is 35.2 Å². The quantitative estimate of drug-likeness (QED) is 0.399. The number of carbonyl (C=O) groups excluding carboxylic acids is 1. The molecule has 0 aliphatic rings. The highest BCUT2D eigenvalue weighted by Gasteiger charge is 2.14. The first-order valence-electron chi connectivity index (χ1n) is 9.49. The number of amides is 1. The SMILES string of the molecule is CCn1c(SCCC(=O)Nc2nnc(-c3ccc(F)cc3)s2)nnc1-c1cccnc1. The van der Waals surface area contributed by atoms with Crippen LogP contribution in [0.2, 0.25) is 0 Å². The van der Waals surface area contributed by atoms with Crippen molar-refractivity contribution < 1.29 is 9.18 Å². The number of nitrogens with zero attached hydrogens (tertiary/aromatic N) is 6. The van der Waals surface area contributed by atoms with Crippen molar-refractivity contribution in [1.29, 1.82) is 0 Å². The molecule has 0 unspecified atom stereocenters. The molecule has 0 atom stereocenters. The fraction of sp³-hybridized carbons (Fsp3) is 0.200. The Balaban J connectivity index is 1.32. The number of hydrogen-bond acceptors (Lipinski definition) is 8. The van der Waals surface area contributed by atoms with Gasteiger partial charge in [0.05, 0.1) is 0 Å². The van der Waals surface area contributed by atoms with E-state index in [4.69, 9.17) is 0 Å². The van der Waals surface area contributed by atoms with Crippen LogP contribution in [-0.2, 0) is 11.3 Å². The van der Waals surface area contributed by atoms with Gasteiger partial charge in [-0.25, -0.2) is 4.39 Å². The van der Waals surface area contributed by atoms with Crippen LogP contribution < -0.4 is 5.32 Å². The van der Waals surface area contributed by atoms with Crippen molar-refractivity contribution in [3.63, 3.8) is 0 Å². The van der Waals surface area contributed by atoms with Crippen LogP contribution in [0.15, 0.2) is 53.9 Å². The molecule has 0 fully saturated rings. The van der Waals surface area contributed by atoms with Gasteiger partial charge in [-0.2, -0.15) is 0 Å². The second kappa shape index (κ2) is 9.75. The molecule has 1 amide bonds. The van der Waals surface area contributed by atoms with E-state index in [-0.39, 0.29) is 18.1 Å². The van der Waals surface area contributed by atoms with Crippen LogP contribution in [0.25, 0.3) is 22.0 Å². The molecule has 3 heterocycles. The first kappa shape index (κ1) is 21.1. The predicted molar refractivity (Wildman–Crippen MR) is 118 cm³/mol. The Labute approximate surface area is 186 Å². The number of anilines is 1. The molecule has 158 valence electrons. The van der Waals surface area contributed by atoms with Crippen molar-refractivity contribution in [2.45, 2.75) is 25.0 Å². The topological polar surface area (TPSA) is 98.5 Å². The Hall–Kier alpha value is -3.18. The van der Waals surface area contributed by atoms with E-state index in [0.717, 1.165) is 22.1 Å². The van der Waals surface area contributed by atoms with Gasteiger partial charge in [0, 0.05) is 42.2 Å². The predicted octanol–water partition coefficient (Wildman–Crippen LogP) is 4.14. The standard InChI is InChI=1S/C20H18FN7OS2/c1-2-28-17(14-4-3-10-22-12-14)24-27-20(28)30-11-9-16(29)23-19-26-25-18(31-19)13-5-7-15(21)8-6-13/h3-8,10,12H,2,9,11H2,1H3,(H,23,26,29). The van der Waals surface area contributed by atoms with Crippen LogP contribution >= 0.6 is 23.1 Å².